The van der Waals surface area contributed by atoms with Gasteiger partial charge >= 0.3 is 0 Å². The van der Waals surface area contributed by atoms with Crippen LogP contribution in [-0.4, -0.2) is 31.2 Å². The second-order valence-electron chi connectivity index (χ2n) is 5.65. The molecule has 0 bridgehead atoms. The molecule has 0 fully saturated rings. The zero-order valence-corrected chi connectivity index (χ0v) is 13.1. The van der Waals surface area contributed by atoms with Crippen LogP contribution in [0.3, 0.4) is 0 Å². The highest BCUT2D eigenvalue weighted by Crippen LogP contribution is 2.35. The number of hydrogen-bond donors (Lipinski definition) is 2. The standard InChI is InChI=1S/C18H21NO4/c1-13(14-5-3-2-4-6-14)19-10-15(20)11-21-16-7-8-17-18(9-16)23-12-22-17/h2-9,13,15,19-20H,10-12H2,1H3/p+1/t13-,15+/m1/s1. The fraction of sp³-hybridized carbons (Fsp3) is 0.333. The topological polar surface area (TPSA) is 64.5 Å². The fourth-order valence-corrected chi connectivity index (χ4v) is 2.48. The summed E-state index contributed by atoms with van der Waals surface area (Å²) in [6.07, 6.45) is -0.536. The molecule has 3 rings (SSSR count). The van der Waals surface area contributed by atoms with Crippen LogP contribution in [0.15, 0.2) is 48.5 Å². The lowest BCUT2D eigenvalue weighted by Gasteiger charge is -2.15. The van der Waals surface area contributed by atoms with Crippen LogP contribution in [0.4, 0.5) is 0 Å². The average molecular weight is 316 g/mol. The largest absolute Gasteiger partial charge is 0.491 e. The van der Waals surface area contributed by atoms with E-state index in [2.05, 4.69) is 24.4 Å². The van der Waals surface area contributed by atoms with E-state index in [4.69, 9.17) is 14.2 Å². The molecule has 2 aromatic carbocycles. The molecule has 0 saturated heterocycles. The predicted molar refractivity (Wildman–Crippen MR) is 85.7 cm³/mol. The molecule has 5 nitrogen and oxygen atoms in total. The Balaban J connectivity index is 1.44. The first kappa shape index (κ1) is 15.6. The van der Waals surface area contributed by atoms with Crippen LogP contribution in [0.25, 0.3) is 0 Å². The van der Waals surface area contributed by atoms with Crippen molar-refractivity contribution in [3.63, 3.8) is 0 Å². The van der Waals surface area contributed by atoms with Crippen molar-refractivity contribution in [2.24, 2.45) is 0 Å². The second-order valence-corrected chi connectivity index (χ2v) is 5.65. The SMILES string of the molecule is C[C@@H]([NH2+]C[C@H](O)COc1ccc2c(c1)OCO2)c1ccccc1. The Hall–Kier alpha value is -2.24. The van der Waals surface area contributed by atoms with Gasteiger partial charge in [-0.25, -0.2) is 0 Å². The molecular formula is C18H22NO4+. The van der Waals surface area contributed by atoms with Crippen molar-refractivity contribution >= 4 is 0 Å². The fourth-order valence-electron chi connectivity index (χ4n) is 2.48. The molecule has 1 aliphatic rings. The van der Waals surface area contributed by atoms with Gasteiger partial charge in [-0.2, -0.15) is 0 Å². The predicted octanol–water partition coefficient (Wildman–Crippen LogP) is 1.48. The summed E-state index contributed by atoms with van der Waals surface area (Å²) in [6, 6.07) is 16.0. The van der Waals surface area contributed by atoms with Gasteiger partial charge in [0.1, 0.15) is 31.0 Å². The van der Waals surface area contributed by atoms with Crippen molar-refractivity contribution in [1.82, 2.24) is 0 Å². The highest BCUT2D eigenvalue weighted by atomic mass is 16.7. The van der Waals surface area contributed by atoms with E-state index in [9.17, 15) is 5.11 Å². The number of aliphatic hydroxyl groups is 1. The molecule has 2 aromatic rings. The van der Waals surface area contributed by atoms with Crippen molar-refractivity contribution in [2.45, 2.75) is 19.1 Å². The molecule has 0 aromatic heterocycles. The molecule has 0 aliphatic carbocycles. The Bertz CT molecular complexity index is 632. The van der Waals surface area contributed by atoms with Crippen LogP contribution in [0.5, 0.6) is 17.2 Å². The molecular weight excluding hydrogens is 294 g/mol. The smallest absolute Gasteiger partial charge is 0.231 e. The molecule has 2 atom stereocenters. The van der Waals surface area contributed by atoms with Gasteiger partial charge < -0.3 is 24.6 Å². The lowest BCUT2D eigenvalue weighted by molar-refractivity contribution is -0.698. The van der Waals surface area contributed by atoms with E-state index >= 15 is 0 Å². The first-order valence-corrected chi connectivity index (χ1v) is 7.81. The van der Waals surface area contributed by atoms with Gasteiger partial charge in [0.15, 0.2) is 11.5 Å². The molecule has 5 heteroatoms. The molecule has 0 radical (unpaired) electrons. The number of quaternary nitrogens is 1. The Kier molecular flexibility index (Phi) is 5.00. The minimum atomic E-state index is -0.536. The highest BCUT2D eigenvalue weighted by molar-refractivity contribution is 5.46. The summed E-state index contributed by atoms with van der Waals surface area (Å²) in [5.41, 5.74) is 1.25. The van der Waals surface area contributed by atoms with Gasteiger partial charge in [0, 0.05) is 11.6 Å². The summed E-state index contributed by atoms with van der Waals surface area (Å²) in [5.74, 6) is 2.08. The van der Waals surface area contributed by atoms with Gasteiger partial charge in [-0.3, -0.25) is 0 Å². The quantitative estimate of drug-likeness (QED) is 0.812. The molecule has 23 heavy (non-hydrogen) atoms. The van der Waals surface area contributed by atoms with E-state index in [0.717, 1.165) is 5.75 Å². The zero-order valence-electron chi connectivity index (χ0n) is 13.1. The lowest BCUT2D eigenvalue weighted by atomic mass is 10.1. The minimum absolute atomic E-state index is 0.244. The van der Waals surface area contributed by atoms with Gasteiger partial charge in [-0.1, -0.05) is 30.3 Å². The third-order valence-electron chi connectivity index (χ3n) is 3.87. The molecule has 0 amide bonds. The summed E-state index contributed by atoms with van der Waals surface area (Å²) < 4.78 is 16.2. The van der Waals surface area contributed by atoms with E-state index in [1.807, 2.05) is 30.3 Å². The van der Waals surface area contributed by atoms with Crippen molar-refractivity contribution < 1.29 is 24.6 Å². The number of aliphatic hydroxyl groups excluding tert-OH is 1. The summed E-state index contributed by atoms with van der Waals surface area (Å²) in [5, 5.41) is 12.2. The molecule has 1 aliphatic heterocycles. The molecule has 1 heterocycles. The van der Waals surface area contributed by atoms with Gasteiger partial charge in [0.25, 0.3) is 0 Å². The van der Waals surface area contributed by atoms with E-state index in [0.29, 0.717) is 24.1 Å². The Morgan fingerprint density at radius 3 is 2.74 bits per heavy atom. The van der Waals surface area contributed by atoms with E-state index in [1.165, 1.54) is 5.56 Å². The number of nitrogens with two attached hydrogens (primary N) is 1. The number of fused-ring (bicyclic) bond motifs is 1. The van der Waals surface area contributed by atoms with Crippen molar-refractivity contribution in [1.29, 1.82) is 0 Å². The monoisotopic (exact) mass is 316 g/mol. The van der Waals surface area contributed by atoms with E-state index < -0.39 is 6.10 Å². The molecule has 0 spiro atoms. The third-order valence-corrected chi connectivity index (χ3v) is 3.87. The number of hydrogen-bond acceptors (Lipinski definition) is 4. The maximum atomic E-state index is 10.1. The molecule has 3 N–H and O–H groups in total. The van der Waals surface area contributed by atoms with Crippen LogP contribution >= 0.6 is 0 Å². The normalized spacial score (nSPS) is 15.2. The number of rotatable bonds is 7. The highest BCUT2D eigenvalue weighted by Gasteiger charge is 2.16. The van der Waals surface area contributed by atoms with Crippen LogP contribution < -0.4 is 19.5 Å². The summed E-state index contributed by atoms with van der Waals surface area (Å²) in [6.45, 7) is 3.20. The van der Waals surface area contributed by atoms with Crippen LogP contribution in [0.2, 0.25) is 0 Å². The third kappa shape index (κ3) is 4.15. The Morgan fingerprint density at radius 1 is 1.13 bits per heavy atom. The summed E-state index contributed by atoms with van der Waals surface area (Å²) >= 11 is 0. The number of benzene rings is 2. The summed E-state index contributed by atoms with van der Waals surface area (Å²) in [7, 11) is 0. The lowest BCUT2D eigenvalue weighted by Crippen LogP contribution is -2.87. The van der Waals surface area contributed by atoms with Crippen molar-refractivity contribution in [2.75, 3.05) is 19.9 Å². The van der Waals surface area contributed by atoms with Gasteiger partial charge in [-0.05, 0) is 19.1 Å². The molecule has 0 unspecified atom stereocenters. The van der Waals surface area contributed by atoms with Crippen molar-refractivity contribution in [3.8, 4) is 17.2 Å². The Morgan fingerprint density at radius 2 is 1.91 bits per heavy atom. The maximum absolute atomic E-state index is 10.1. The Labute approximate surface area is 135 Å². The zero-order chi connectivity index (χ0) is 16.1. The molecule has 0 saturated carbocycles. The van der Waals surface area contributed by atoms with Crippen molar-refractivity contribution in [3.05, 3.63) is 54.1 Å². The number of ether oxygens (including phenoxy) is 3. The van der Waals surface area contributed by atoms with E-state index in [-0.39, 0.29) is 13.4 Å². The molecule has 122 valence electrons. The minimum Gasteiger partial charge on any atom is -0.491 e. The first-order valence-electron chi connectivity index (χ1n) is 7.81. The summed E-state index contributed by atoms with van der Waals surface area (Å²) in [4.78, 5) is 0. The van der Waals surface area contributed by atoms with Crippen LogP contribution in [0, 0.1) is 0 Å². The van der Waals surface area contributed by atoms with Gasteiger partial charge in [0.05, 0.1) is 0 Å². The van der Waals surface area contributed by atoms with E-state index in [1.54, 1.807) is 6.07 Å². The van der Waals surface area contributed by atoms with Crippen LogP contribution in [-0.2, 0) is 0 Å². The van der Waals surface area contributed by atoms with Crippen LogP contribution in [0.1, 0.15) is 18.5 Å². The maximum Gasteiger partial charge on any atom is 0.231 e. The van der Waals surface area contributed by atoms with Gasteiger partial charge in [-0.15, -0.1) is 0 Å². The average Bonchev–Trinajstić information content (AvgIpc) is 3.06. The second kappa shape index (κ2) is 7.35. The van der Waals surface area contributed by atoms with Gasteiger partial charge in [0.2, 0.25) is 6.79 Å². The first-order chi connectivity index (χ1) is 11.2.